The van der Waals surface area contributed by atoms with Gasteiger partial charge in [-0.3, -0.25) is 4.79 Å². The summed E-state index contributed by atoms with van der Waals surface area (Å²) in [5.41, 5.74) is 0. The molecule has 0 radical (unpaired) electrons. The van der Waals surface area contributed by atoms with E-state index < -0.39 is 10.0 Å². The van der Waals surface area contributed by atoms with Crippen molar-refractivity contribution in [2.45, 2.75) is 44.4 Å². The van der Waals surface area contributed by atoms with Crippen LogP contribution in [-0.4, -0.2) is 49.7 Å². The molecule has 1 aromatic rings. The highest BCUT2D eigenvalue weighted by Gasteiger charge is 2.34. The van der Waals surface area contributed by atoms with Crippen molar-refractivity contribution in [3.8, 4) is 0 Å². The van der Waals surface area contributed by atoms with E-state index in [1.807, 2.05) is 11.8 Å². The Kier molecular flexibility index (Phi) is 7.28. The molecule has 0 N–H and O–H groups in total. The first-order valence-electron chi connectivity index (χ1n) is 8.94. The Morgan fingerprint density at radius 3 is 2.56 bits per heavy atom. The highest BCUT2D eigenvalue weighted by molar-refractivity contribution is 7.89. The van der Waals surface area contributed by atoms with Crippen LogP contribution in [0, 0.1) is 5.92 Å². The van der Waals surface area contributed by atoms with E-state index in [0.29, 0.717) is 24.5 Å². The third-order valence-electron chi connectivity index (χ3n) is 4.66. The third-order valence-corrected chi connectivity index (χ3v) is 6.79. The summed E-state index contributed by atoms with van der Waals surface area (Å²) in [6.07, 6.45) is 3.45. The molecule has 0 aromatic heterocycles. The number of halogens is 1. The highest BCUT2D eigenvalue weighted by Crippen LogP contribution is 2.26. The van der Waals surface area contributed by atoms with Crippen LogP contribution in [0.15, 0.2) is 29.2 Å². The molecule has 1 atom stereocenters. The SMILES string of the molecule is CCCCN(CC)C(=O)C1CCCN(S(=O)(=O)c2ccc(Cl)cc2)C1. The van der Waals surface area contributed by atoms with E-state index in [1.54, 1.807) is 12.1 Å². The number of nitrogens with zero attached hydrogens (tertiary/aromatic N) is 2. The maximum Gasteiger partial charge on any atom is 0.243 e. The molecule has 2 rings (SSSR count). The lowest BCUT2D eigenvalue weighted by atomic mass is 9.98. The van der Waals surface area contributed by atoms with Crippen molar-refractivity contribution < 1.29 is 13.2 Å². The number of piperidine rings is 1. The first-order valence-corrected chi connectivity index (χ1v) is 10.8. The average molecular weight is 387 g/mol. The molecule has 5 nitrogen and oxygen atoms in total. The van der Waals surface area contributed by atoms with Crippen LogP contribution in [0.25, 0.3) is 0 Å². The first-order chi connectivity index (χ1) is 11.9. The van der Waals surface area contributed by atoms with Crippen LogP contribution in [0.1, 0.15) is 39.5 Å². The molecule has 0 aliphatic carbocycles. The van der Waals surface area contributed by atoms with Gasteiger partial charge in [0.15, 0.2) is 0 Å². The zero-order valence-electron chi connectivity index (χ0n) is 14.9. The molecular formula is C18H27ClN2O3S. The van der Waals surface area contributed by atoms with Crippen LogP contribution in [0.4, 0.5) is 0 Å². The quantitative estimate of drug-likeness (QED) is 0.721. The summed E-state index contributed by atoms with van der Waals surface area (Å²) in [4.78, 5) is 14.9. The average Bonchev–Trinajstić information content (AvgIpc) is 2.62. The second-order valence-electron chi connectivity index (χ2n) is 6.43. The van der Waals surface area contributed by atoms with Crippen LogP contribution in [0.2, 0.25) is 5.02 Å². The van der Waals surface area contributed by atoms with E-state index in [9.17, 15) is 13.2 Å². The van der Waals surface area contributed by atoms with Crippen molar-refractivity contribution in [3.63, 3.8) is 0 Å². The highest BCUT2D eigenvalue weighted by atomic mass is 35.5. The maximum atomic E-state index is 12.8. The van der Waals surface area contributed by atoms with Gasteiger partial charge in [0.1, 0.15) is 0 Å². The Morgan fingerprint density at radius 2 is 1.96 bits per heavy atom. The van der Waals surface area contributed by atoms with E-state index in [1.165, 1.54) is 16.4 Å². The minimum atomic E-state index is -3.59. The van der Waals surface area contributed by atoms with Gasteiger partial charge in [-0.15, -0.1) is 0 Å². The molecule has 140 valence electrons. The summed E-state index contributed by atoms with van der Waals surface area (Å²) in [5, 5.41) is 0.500. The molecule has 25 heavy (non-hydrogen) atoms. The van der Waals surface area contributed by atoms with Crippen LogP contribution in [-0.2, 0) is 14.8 Å². The summed E-state index contributed by atoms with van der Waals surface area (Å²) in [6, 6.07) is 6.18. The van der Waals surface area contributed by atoms with Crippen molar-refractivity contribution in [2.24, 2.45) is 5.92 Å². The second-order valence-corrected chi connectivity index (χ2v) is 8.80. The van der Waals surface area contributed by atoms with Crippen molar-refractivity contribution in [3.05, 3.63) is 29.3 Å². The van der Waals surface area contributed by atoms with Gasteiger partial charge in [0.05, 0.1) is 10.8 Å². The van der Waals surface area contributed by atoms with Gasteiger partial charge in [-0.05, 0) is 50.5 Å². The van der Waals surface area contributed by atoms with E-state index >= 15 is 0 Å². The third kappa shape index (κ3) is 4.96. The molecule has 1 unspecified atom stereocenters. The largest absolute Gasteiger partial charge is 0.343 e. The van der Waals surface area contributed by atoms with Crippen molar-refractivity contribution in [1.82, 2.24) is 9.21 Å². The number of rotatable bonds is 7. The Bertz CT molecular complexity index is 676. The normalized spacial score (nSPS) is 18.9. The van der Waals surface area contributed by atoms with Crippen molar-refractivity contribution in [1.29, 1.82) is 0 Å². The molecule has 1 heterocycles. The number of hydrogen-bond donors (Lipinski definition) is 0. The monoisotopic (exact) mass is 386 g/mol. The van der Waals surface area contributed by atoms with E-state index in [2.05, 4.69) is 6.92 Å². The summed E-state index contributed by atoms with van der Waals surface area (Å²) in [5.74, 6) is -0.181. The number of hydrogen-bond acceptors (Lipinski definition) is 3. The lowest BCUT2D eigenvalue weighted by Crippen LogP contribution is -2.46. The molecule has 0 spiro atoms. The summed E-state index contributed by atoms with van der Waals surface area (Å²) >= 11 is 5.85. The Labute approximate surface area is 156 Å². The first kappa shape index (κ1) is 20.2. The van der Waals surface area contributed by atoms with Crippen molar-refractivity contribution in [2.75, 3.05) is 26.2 Å². The fourth-order valence-electron chi connectivity index (χ4n) is 3.15. The second kappa shape index (κ2) is 9.01. The number of sulfonamides is 1. The van der Waals surface area contributed by atoms with Gasteiger partial charge in [0, 0.05) is 31.2 Å². The molecule has 1 fully saturated rings. The lowest BCUT2D eigenvalue weighted by Gasteiger charge is -2.34. The summed E-state index contributed by atoms with van der Waals surface area (Å²) < 4.78 is 27.1. The van der Waals surface area contributed by atoms with Crippen molar-refractivity contribution >= 4 is 27.5 Å². The van der Waals surface area contributed by atoms with Crippen LogP contribution < -0.4 is 0 Å². The Morgan fingerprint density at radius 1 is 1.28 bits per heavy atom. The van der Waals surface area contributed by atoms with Gasteiger partial charge in [0.2, 0.25) is 15.9 Å². The number of carbonyl (C=O) groups excluding carboxylic acids is 1. The summed E-state index contributed by atoms with van der Waals surface area (Å²) in [7, 11) is -3.59. The zero-order chi connectivity index (χ0) is 18.4. The minimum Gasteiger partial charge on any atom is -0.343 e. The molecule has 1 aliphatic rings. The Hall–Kier alpha value is -1.11. The topological polar surface area (TPSA) is 57.7 Å². The van der Waals surface area contributed by atoms with Gasteiger partial charge >= 0.3 is 0 Å². The maximum absolute atomic E-state index is 12.8. The number of amides is 1. The smallest absolute Gasteiger partial charge is 0.243 e. The lowest BCUT2D eigenvalue weighted by molar-refractivity contribution is -0.136. The molecule has 1 saturated heterocycles. The summed E-state index contributed by atoms with van der Waals surface area (Å²) in [6.45, 7) is 6.19. The molecule has 1 aliphatic heterocycles. The zero-order valence-corrected chi connectivity index (χ0v) is 16.5. The molecule has 1 aromatic carbocycles. The molecule has 1 amide bonds. The minimum absolute atomic E-state index is 0.0759. The Balaban J connectivity index is 2.11. The fraction of sp³-hybridized carbons (Fsp3) is 0.611. The standard InChI is InChI=1S/C18H27ClN2O3S/c1-3-5-12-20(4-2)18(22)15-7-6-13-21(14-15)25(23,24)17-10-8-16(19)9-11-17/h8-11,15H,3-7,12-14H2,1-2H3. The fourth-order valence-corrected chi connectivity index (χ4v) is 4.80. The number of unbranched alkanes of at least 4 members (excludes halogenated alkanes) is 1. The van der Waals surface area contributed by atoms with E-state index in [0.717, 1.165) is 25.8 Å². The van der Waals surface area contributed by atoms with Gasteiger partial charge in [0.25, 0.3) is 0 Å². The van der Waals surface area contributed by atoms with Crippen LogP contribution in [0.3, 0.4) is 0 Å². The molecule has 7 heteroatoms. The van der Waals surface area contributed by atoms with E-state index in [-0.39, 0.29) is 23.3 Å². The van der Waals surface area contributed by atoms with Gasteiger partial charge in [-0.1, -0.05) is 24.9 Å². The van der Waals surface area contributed by atoms with E-state index in [4.69, 9.17) is 11.6 Å². The van der Waals surface area contributed by atoms with Gasteiger partial charge in [-0.25, -0.2) is 8.42 Å². The molecule has 0 saturated carbocycles. The number of carbonyl (C=O) groups is 1. The molecular weight excluding hydrogens is 360 g/mol. The predicted molar refractivity (Wildman–Crippen MR) is 100 cm³/mol. The van der Waals surface area contributed by atoms with Gasteiger partial charge < -0.3 is 4.90 Å². The predicted octanol–water partition coefficient (Wildman–Crippen LogP) is 3.39. The number of benzene rings is 1. The van der Waals surface area contributed by atoms with Gasteiger partial charge in [-0.2, -0.15) is 4.31 Å². The molecule has 0 bridgehead atoms. The van der Waals surface area contributed by atoms with Crippen LogP contribution >= 0.6 is 11.6 Å². The van der Waals surface area contributed by atoms with Crippen LogP contribution in [0.5, 0.6) is 0 Å².